The monoisotopic (exact) mass is 365 g/mol. The van der Waals surface area contributed by atoms with Crippen molar-refractivity contribution in [2.75, 3.05) is 52.5 Å². The minimum absolute atomic E-state index is 0.0521. The third-order valence-electron chi connectivity index (χ3n) is 5.70. The number of carbonyl (C=O) groups excluding carboxylic acids is 1. The van der Waals surface area contributed by atoms with E-state index in [2.05, 4.69) is 32.3 Å². The van der Waals surface area contributed by atoms with Crippen LogP contribution < -0.4 is 10.6 Å². The maximum atomic E-state index is 12.3. The van der Waals surface area contributed by atoms with Crippen molar-refractivity contribution in [3.05, 3.63) is 0 Å². The summed E-state index contributed by atoms with van der Waals surface area (Å²) in [6, 6.07) is 0.922. The first-order valence-corrected chi connectivity index (χ1v) is 10.4. The van der Waals surface area contributed by atoms with Crippen LogP contribution in [0.1, 0.15) is 45.4 Å². The maximum absolute atomic E-state index is 12.3. The molecule has 1 saturated carbocycles. The number of aliphatic imine (C=N–C) groups is 1. The number of nitrogens with zero attached hydrogens (tertiary/aromatic N) is 3. The van der Waals surface area contributed by atoms with Crippen LogP contribution in [-0.2, 0) is 9.53 Å². The summed E-state index contributed by atoms with van der Waals surface area (Å²) in [7, 11) is 0. The first-order chi connectivity index (χ1) is 12.8. The summed E-state index contributed by atoms with van der Waals surface area (Å²) in [5.41, 5.74) is 0. The molecule has 2 saturated heterocycles. The van der Waals surface area contributed by atoms with Gasteiger partial charge in [-0.25, -0.2) is 4.99 Å². The average molecular weight is 366 g/mol. The zero-order valence-electron chi connectivity index (χ0n) is 16.2. The van der Waals surface area contributed by atoms with E-state index in [9.17, 15) is 4.79 Å². The lowest BCUT2D eigenvalue weighted by Gasteiger charge is -2.32. The smallest absolute Gasteiger partial charge is 0.242 e. The fourth-order valence-electron chi connectivity index (χ4n) is 4.27. The largest absolute Gasteiger partial charge is 0.379 e. The fraction of sp³-hybridized carbons (Fsp3) is 0.895. The van der Waals surface area contributed by atoms with E-state index in [1.807, 2.05) is 0 Å². The van der Waals surface area contributed by atoms with E-state index < -0.39 is 0 Å². The molecule has 3 fully saturated rings. The van der Waals surface area contributed by atoms with Gasteiger partial charge in [-0.15, -0.1) is 0 Å². The van der Waals surface area contributed by atoms with Crippen molar-refractivity contribution in [1.82, 2.24) is 20.4 Å². The number of carbonyl (C=O) groups is 1. The van der Waals surface area contributed by atoms with Crippen LogP contribution in [-0.4, -0.2) is 86.2 Å². The standard InChI is InChI=1S/C19H35N5O2/c1-2-20-19(21-14-18(25)22-16-6-4-3-5-7-16)24-9-8-17(15-24)23-10-12-26-13-11-23/h16-17H,2-15H2,1H3,(H,20,21)(H,22,25). The summed E-state index contributed by atoms with van der Waals surface area (Å²) in [4.78, 5) is 21.7. The predicted octanol–water partition coefficient (Wildman–Crippen LogP) is 0.807. The van der Waals surface area contributed by atoms with Gasteiger partial charge in [0.2, 0.25) is 5.91 Å². The van der Waals surface area contributed by atoms with Crippen LogP contribution in [0.15, 0.2) is 4.99 Å². The maximum Gasteiger partial charge on any atom is 0.242 e. The zero-order chi connectivity index (χ0) is 18.2. The van der Waals surface area contributed by atoms with Gasteiger partial charge in [-0.2, -0.15) is 0 Å². The molecule has 1 unspecified atom stereocenters. The summed E-state index contributed by atoms with van der Waals surface area (Å²) >= 11 is 0. The summed E-state index contributed by atoms with van der Waals surface area (Å²) in [5.74, 6) is 0.929. The Hall–Kier alpha value is -1.34. The van der Waals surface area contributed by atoms with E-state index in [0.717, 1.165) is 71.2 Å². The van der Waals surface area contributed by atoms with Crippen molar-refractivity contribution in [2.45, 2.75) is 57.5 Å². The van der Waals surface area contributed by atoms with Crippen molar-refractivity contribution in [3.8, 4) is 0 Å². The molecule has 148 valence electrons. The molecular formula is C19H35N5O2. The lowest BCUT2D eigenvalue weighted by Crippen LogP contribution is -2.47. The molecule has 3 rings (SSSR count). The Kier molecular flexibility index (Phi) is 7.55. The highest BCUT2D eigenvalue weighted by atomic mass is 16.5. The minimum atomic E-state index is 0.0521. The van der Waals surface area contributed by atoms with Crippen LogP contribution in [0.5, 0.6) is 0 Å². The molecule has 1 aliphatic carbocycles. The average Bonchev–Trinajstić information content (AvgIpc) is 3.17. The topological polar surface area (TPSA) is 69.2 Å². The number of rotatable bonds is 5. The molecule has 0 bridgehead atoms. The van der Waals surface area contributed by atoms with Crippen LogP contribution in [0.2, 0.25) is 0 Å². The summed E-state index contributed by atoms with van der Waals surface area (Å²) in [6.07, 6.45) is 7.14. The van der Waals surface area contributed by atoms with E-state index in [-0.39, 0.29) is 12.5 Å². The number of ether oxygens (including phenoxy) is 1. The molecule has 7 heteroatoms. The van der Waals surface area contributed by atoms with Gasteiger partial charge in [-0.05, 0) is 26.2 Å². The first-order valence-electron chi connectivity index (χ1n) is 10.4. The Morgan fingerprint density at radius 1 is 1.12 bits per heavy atom. The molecule has 1 atom stereocenters. The van der Waals surface area contributed by atoms with Gasteiger partial charge in [0.05, 0.1) is 13.2 Å². The lowest BCUT2D eigenvalue weighted by molar-refractivity contribution is -0.120. The predicted molar refractivity (Wildman–Crippen MR) is 103 cm³/mol. The number of morpholine rings is 1. The second-order valence-corrected chi connectivity index (χ2v) is 7.61. The summed E-state index contributed by atoms with van der Waals surface area (Å²) < 4.78 is 5.46. The Labute approximate surface area is 157 Å². The Bertz CT molecular complexity index is 473. The Balaban J connectivity index is 1.49. The molecule has 0 aromatic carbocycles. The molecule has 2 aliphatic heterocycles. The van der Waals surface area contributed by atoms with Crippen LogP contribution in [0.3, 0.4) is 0 Å². The number of likely N-dealkylation sites (tertiary alicyclic amines) is 1. The van der Waals surface area contributed by atoms with E-state index in [4.69, 9.17) is 4.74 Å². The minimum Gasteiger partial charge on any atom is -0.379 e. The quantitative estimate of drug-likeness (QED) is 0.557. The van der Waals surface area contributed by atoms with Gasteiger partial charge in [-0.1, -0.05) is 19.3 Å². The van der Waals surface area contributed by atoms with Crippen LogP contribution in [0.4, 0.5) is 0 Å². The van der Waals surface area contributed by atoms with Gasteiger partial charge in [0.25, 0.3) is 0 Å². The molecule has 0 aromatic rings. The van der Waals surface area contributed by atoms with Crippen molar-refractivity contribution in [3.63, 3.8) is 0 Å². The van der Waals surface area contributed by atoms with Crippen LogP contribution >= 0.6 is 0 Å². The van der Waals surface area contributed by atoms with Gasteiger partial charge < -0.3 is 20.3 Å². The molecule has 0 aromatic heterocycles. The molecule has 7 nitrogen and oxygen atoms in total. The van der Waals surface area contributed by atoms with Crippen LogP contribution in [0.25, 0.3) is 0 Å². The van der Waals surface area contributed by atoms with Gasteiger partial charge in [-0.3, -0.25) is 9.69 Å². The number of hydrogen-bond donors (Lipinski definition) is 2. The zero-order valence-corrected chi connectivity index (χ0v) is 16.2. The normalized spacial score (nSPS) is 26.1. The number of guanidine groups is 1. The molecule has 2 heterocycles. The van der Waals surface area contributed by atoms with Gasteiger partial charge in [0.15, 0.2) is 5.96 Å². The highest BCUT2D eigenvalue weighted by molar-refractivity contribution is 5.85. The van der Waals surface area contributed by atoms with Gasteiger partial charge in [0.1, 0.15) is 6.54 Å². The lowest BCUT2D eigenvalue weighted by atomic mass is 9.95. The van der Waals surface area contributed by atoms with E-state index in [1.54, 1.807) is 0 Å². The Morgan fingerprint density at radius 3 is 2.62 bits per heavy atom. The third kappa shape index (κ3) is 5.58. The van der Waals surface area contributed by atoms with E-state index in [0.29, 0.717) is 12.1 Å². The Morgan fingerprint density at radius 2 is 1.88 bits per heavy atom. The van der Waals surface area contributed by atoms with Crippen LogP contribution in [0, 0.1) is 0 Å². The van der Waals surface area contributed by atoms with Gasteiger partial charge >= 0.3 is 0 Å². The molecular weight excluding hydrogens is 330 g/mol. The molecule has 0 radical (unpaired) electrons. The van der Waals surface area contributed by atoms with Crippen molar-refractivity contribution < 1.29 is 9.53 Å². The van der Waals surface area contributed by atoms with E-state index >= 15 is 0 Å². The molecule has 1 amide bonds. The van der Waals surface area contributed by atoms with E-state index in [1.165, 1.54) is 19.3 Å². The highest BCUT2D eigenvalue weighted by Gasteiger charge is 2.30. The molecule has 26 heavy (non-hydrogen) atoms. The first kappa shape index (κ1) is 19.4. The number of nitrogens with one attached hydrogen (secondary N) is 2. The highest BCUT2D eigenvalue weighted by Crippen LogP contribution is 2.18. The second kappa shape index (κ2) is 10.1. The van der Waals surface area contributed by atoms with Crippen molar-refractivity contribution >= 4 is 11.9 Å². The number of hydrogen-bond acceptors (Lipinski definition) is 4. The summed E-state index contributed by atoms with van der Waals surface area (Å²) in [5, 5.41) is 6.51. The van der Waals surface area contributed by atoms with Crippen molar-refractivity contribution in [2.24, 2.45) is 4.99 Å². The third-order valence-corrected chi connectivity index (χ3v) is 5.70. The molecule has 0 spiro atoms. The second-order valence-electron chi connectivity index (χ2n) is 7.61. The number of amides is 1. The van der Waals surface area contributed by atoms with Gasteiger partial charge in [0, 0.05) is 44.8 Å². The molecule has 3 aliphatic rings. The SMILES string of the molecule is CCNC(=NCC(=O)NC1CCCCC1)N1CCC(N2CCOCC2)C1. The molecule has 2 N–H and O–H groups in total. The van der Waals surface area contributed by atoms with Crippen molar-refractivity contribution in [1.29, 1.82) is 0 Å². The summed E-state index contributed by atoms with van der Waals surface area (Å²) in [6.45, 7) is 8.82. The fourth-order valence-corrected chi connectivity index (χ4v) is 4.27.